The van der Waals surface area contributed by atoms with Crippen LogP contribution in [0.25, 0.3) is 0 Å². The van der Waals surface area contributed by atoms with Gasteiger partial charge in [-0.15, -0.1) is 0 Å². The molecule has 0 bridgehead atoms. The second kappa shape index (κ2) is 4.99. The first kappa shape index (κ1) is 11.6. The van der Waals surface area contributed by atoms with E-state index in [1.165, 1.54) is 11.1 Å². The summed E-state index contributed by atoms with van der Waals surface area (Å²) in [5.41, 5.74) is 2.54. The number of carbonyl (C=O) groups is 2. The molecule has 1 atom stereocenters. The van der Waals surface area contributed by atoms with E-state index < -0.39 is 5.97 Å². The number of nitrogens with one attached hydrogen (secondary N) is 1. The van der Waals surface area contributed by atoms with Gasteiger partial charge in [-0.2, -0.15) is 0 Å². The molecule has 2 N–H and O–H groups in total. The summed E-state index contributed by atoms with van der Waals surface area (Å²) < 4.78 is 0. The molecule has 0 fully saturated rings. The highest BCUT2D eigenvalue weighted by Gasteiger charge is 2.24. The summed E-state index contributed by atoms with van der Waals surface area (Å²) in [7, 11) is 0. The van der Waals surface area contributed by atoms with Crippen molar-refractivity contribution in [2.75, 3.05) is 6.54 Å². The van der Waals surface area contributed by atoms with Crippen LogP contribution in [0, 0.1) is 0 Å². The molecule has 2 rings (SSSR count). The van der Waals surface area contributed by atoms with E-state index in [0.717, 1.165) is 12.8 Å². The van der Waals surface area contributed by atoms with Gasteiger partial charge in [-0.25, -0.2) is 0 Å². The zero-order valence-corrected chi connectivity index (χ0v) is 9.48. The molecule has 1 aromatic rings. The lowest BCUT2D eigenvalue weighted by Crippen LogP contribution is -2.30. The van der Waals surface area contributed by atoms with Gasteiger partial charge in [-0.3, -0.25) is 9.59 Å². The van der Waals surface area contributed by atoms with Crippen LogP contribution in [0.15, 0.2) is 24.3 Å². The lowest BCUT2D eigenvalue weighted by molar-refractivity contribution is -0.138. The summed E-state index contributed by atoms with van der Waals surface area (Å²) >= 11 is 0. The van der Waals surface area contributed by atoms with Crippen LogP contribution in [-0.4, -0.2) is 23.5 Å². The lowest BCUT2D eigenvalue weighted by atomic mass is 9.97. The van der Waals surface area contributed by atoms with Gasteiger partial charge in [0, 0.05) is 6.42 Å². The normalized spacial score (nSPS) is 17.5. The Morgan fingerprint density at radius 3 is 2.88 bits per heavy atom. The molecule has 0 aromatic heterocycles. The summed E-state index contributed by atoms with van der Waals surface area (Å²) in [5.74, 6) is -0.959. The smallest absolute Gasteiger partial charge is 0.322 e. The number of carboxylic acids is 1. The standard InChI is InChI=1S/C13H15NO3/c15-12(14-8-13(16)17)7-10-6-5-9-3-1-2-4-11(9)10/h1-4,10H,5-8H2,(H,14,15)(H,16,17). The number of aliphatic carboxylic acids is 1. The zero-order valence-electron chi connectivity index (χ0n) is 9.48. The predicted octanol–water partition coefficient (Wildman–Crippen LogP) is 1.31. The number of benzene rings is 1. The molecule has 0 radical (unpaired) electrons. The molecule has 4 heteroatoms. The molecular weight excluding hydrogens is 218 g/mol. The van der Waals surface area contributed by atoms with Crippen LogP contribution in [0.3, 0.4) is 0 Å². The van der Waals surface area contributed by atoms with Crippen molar-refractivity contribution < 1.29 is 14.7 Å². The molecule has 0 saturated carbocycles. The maximum absolute atomic E-state index is 11.5. The Kier molecular flexibility index (Phi) is 3.42. The van der Waals surface area contributed by atoms with Crippen LogP contribution in [0.1, 0.15) is 29.9 Å². The van der Waals surface area contributed by atoms with Gasteiger partial charge in [0.25, 0.3) is 0 Å². The topological polar surface area (TPSA) is 66.4 Å². The monoisotopic (exact) mass is 233 g/mol. The number of hydrogen-bond acceptors (Lipinski definition) is 2. The van der Waals surface area contributed by atoms with Crippen LogP contribution in [-0.2, 0) is 16.0 Å². The largest absolute Gasteiger partial charge is 0.480 e. The van der Waals surface area contributed by atoms with E-state index in [4.69, 9.17) is 5.11 Å². The minimum atomic E-state index is -1.01. The SMILES string of the molecule is O=C(O)CNC(=O)CC1CCc2ccccc21. The maximum atomic E-state index is 11.5. The van der Waals surface area contributed by atoms with Gasteiger partial charge in [0.05, 0.1) is 0 Å². The summed E-state index contributed by atoms with van der Waals surface area (Å²) in [6.45, 7) is -0.298. The molecule has 90 valence electrons. The number of aryl methyl sites for hydroxylation is 1. The second-order valence-electron chi connectivity index (χ2n) is 4.31. The van der Waals surface area contributed by atoms with Gasteiger partial charge in [0.2, 0.25) is 5.91 Å². The number of carboxylic acid groups (broad SMARTS) is 1. The predicted molar refractivity (Wildman–Crippen MR) is 62.8 cm³/mol. The fraction of sp³-hybridized carbons (Fsp3) is 0.385. The van der Waals surface area contributed by atoms with E-state index in [9.17, 15) is 9.59 Å². The Morgan fingerprint density at radius 1 is 1.35 bits per heavy atom. The van der Waals surface area contributed by atoms with E-state index in [0.29, 0.717) is 6.42 Å². The van der Waals surface area contributed by atoms with E-state index in [1.54, 1.807) is 0 Å². The molecule has 1 unspecified atom stereocenters. The van der Waals surface area contributed by atoms with Crippen LogP contribution in [0.4, 0.5) is 0 Å². The van der Waals surface area contributed by atoms with Crippen molar-refractivity contribution in [3.63, 3.8) is 0 Å². The molecule has 1 amide bonds. The van der Waals surface area contributed by atoms with Crippen LogP contribution >= 0.6 is 0 Å². The molecule has 0 saturated heterocycles. The van der Waals surface area contributed by atoms with E-state index in [2.05, 4.69) is 17.4 Å². The van der Waals surface area contributed by atoms with E-state index in [-0.39, 0.29) is 18.4 Å². The number of amides is 1. The number of rotatable bonds is 4. The number of hydrogen-bond donors (Lipinski definition) is 2. The summed E-state index contributed by atoms with van der Waals surface area (Å²) in [4.78, 5) is 21.9. The molecule has 0 aliphatic heterocycles. The highest BCUT2D eigenvalue weighted by Crippen LogP contribution is 2.34. The lowest BCUT2D eigenvalue weighted by Gasteiger charge is -2.10. The number of carbonyl (C=O) groups excluding carboxylic acids is 1. The van der Waals surface area contributed by atoms with E-state index in [1.807, 2.05) is 12.1 Å². The van der Waals surface area contributed by atoms with Crippen molar-refractivity contribution in [2.45, 2.75) is 25.2 Å². The second-order valence-corrected chi connectivity index (χ2v) is 4.31. The molecule has 0 spiro atoms. The van der Waals surface area contributed by atoms with Crippen LogP contribution in [0.5, 0.6) is 0 Å². The van der Waals surface area contributed by atoms with Crippen molar-refractivity contribution in [2.24, 2.45) is 0 Å². The Bertz CT molecular complexity index is 442. The quantitative estimate of drug-likeness (QED) is 0.824. The minimum absolute atomic E-state index is 0.186. The third-order valence-electron chi connectivity index (χ3n) is 3.13. The third kappa shape index (κ3) is 2.84. The Labute approximate surface area is 99.6 Å². The summed E-state index contributed by atoms with van der Waals surface area (Å²) in [5, 5.41) is 10.9. The highest BCUT2D eigenvalue weighted by molar-refractivity contribution is 5.81. The van der Waals surface area contributed by atoms with E-state index >= 15 is 0 Å². The molecule has 1 aliphatic rings. The molecular formula is C13H15NO3. The van der Waals surface area contributed by atoms with Gasteiger partial charge in [0.15, 0.2) is 0 Å². The fourth-order valence-corrected chi connectivity index (χ4v) is 2.33. The minimum Gasteiger partial charge on any atom is -0.480 e. The highest BCUT2D eigenvalue weighted by atomic mass is 16.4. The Balaban J connectivity index is 1.93. The maximum Gasteiger partial charge on any atom is 0.322 e. The molecule has 1 aliphatic carbocycles. The van der Waals surface area contributed by atoms with Gasteiger partial charge in [0.1, 0.15) is 6.54 Å². The van der Waals surface area contributed by atoms with Crippen molar-refractivity contribution in [1.82, 2.24) is 5.32 Å². The molecule has 1 aromatic carbocycles. The van der Waals surface area contributed by atoms with Gasteiger partial charge >= 0.3 is 5.97 Å². The average molecular weight is 233 g/mol. The Morgan fingerprint density at radius 2 is 2.12 bits per heavy atom. The van der Waals surface area contributed by atoms with Crippen molar-refractivity contribution in [3.8, 4) is 0 Å². The third-order valence-corrected chi connectivity index (χ3v) is 3.13. The summed E-state index contributed by atoms with van der Waals surface area (Å²) in [6.07, 6.45) is 2.36. The average Bonchev–Trinajstić information content (AvgIpc) is 2.70. The van der Waals surface area contributed by atoms with Crippen LogP contribution in [0.2, 0.25) is 0 Å². The Hall–Kier alpha value is -1.84. The summed E-state index contributed by atoms with van der Waals surface area (Å²) in [6, 6.07) is 8.12. The van der Waals surface area contributed by atoms with Gasteiger partial charge in [-0.1, -0.05) is 24.3 Å². The van der Waals surface area contributed by atoms with Crippen molar-refractivity contribution in [3.05, 3.63) is 35.4 Å². The molecule has 4 nitrogen and oxygen atoms in total. The zero-order chi connectivity index (χ0) is 12.3. The first-order chi connectivity index (χ1) is 8.16. The van der Waals surface area contributed by atoms with Crippen molar-refractivity contribution in [1.29, 1.82) is 0 Å². The van der Waals surface area contributed by atoms with Gasteiger partial charge in [-0.05, 0) is 29.9 Å². The molecule has 0 heterocycles. The van der Waals surface area contributed by atoms with Crippen LogP contribution < -0.4 is 5.32 Å². The first-order valence-electron chi connectivity index (χ1n) is 5.73. The first-order valence-corrected chi connectivity index (χ1v) is 5.73. The molecule has 17 heavy (non-hydrogen) atoms. The number of fused-ring (bicyclic) bond motifs is 1. The van der Waals surface area contributed by atoms with Gasteiger partial charge < -0.3 is 10.4 Å². The fourth-order valence-electron chi connectivity index (χ4n) is 2.33. The van der Waals surface area contributed by atoms with Crippen molar-refractivity contribution >= 4 is 11.9 Å².